The molecule has 0 aliphatic carbocycles. The molecule has 0 aromatic heterocycles. The summed E-state index contributed by atoms with van der Waals surface area (Å²) in [4.78, 5) is 13.9. The van der Waals surface area contributed by atoms with Gasteiger partial charge in [-0.1, -0.05) is 20.3 Å². The summed E-state index contributed by atoms with van der Waals surface area (Å²) in [6, 6.07) is -0.330. The Morgan fingerprint density at radius 2 is 1.95 bits per heavy atom. The molecule has 1 fully saturated rings. The van der Waals surface area contributed by atoms with Gasteiger partial charge < -0.3 is 10.2 Å². The maximum Gasteiger partial charge on any atom is 0.317 e. The summed E-state index contributed by atoms with van der Waals surface area (Å²) < 4.78 is 23.6. The van der Waals surface area contributed by atoms with Gasteiger partial charge in [-0.15, -0.1) is 0 Å². The number of sulfone groups is 1. The van der Waals surface area contributed by atoms with Crippen molar-refractivity contribution in [2.75, 3.05) is 12.3 Å². The van der Waals surface area contributed by atoms with Crippen molar-refractivity contribution in [2.24, 2.45) is 5.92 Å². The van der Waals surface area contributed by atoms with Crippen molar-refractivity contribution >= 4 is 15.9 Å². The number of rotatable bonds is 3. The van der Waals surface area contributed by atoms with E-state index in [1.165, 1.54) is 0 Å². The van der Waals surface area contributed by atoms with Crippen molar-refractivity contribution < 1.29 is 13.2 Å². The van der Waals surface area contributed by atoms with Crippen LogP contribution < -0.4 is 5.32 Å². The van der Waals surface area contributed by atoms with Crippen molar-refractivity contribution in [3.05, 3.63) is 0 Å². The Bertz CT molecular complexity index is 422. The molecule has 0 spiro atoms. The molecule has 0 radical (unpaired) electrons. The lowest BCUT2D eigenvalue weighted by molar-refractivity contribution is 0.171. The van der Waals surface area contributed by atoms with Crippen LogP contribution in [-0.2, 0) is 9.84 Å². The minimum atomic E-state index is -3.05. The zero-order valence-corrected chi connectivity index (χ0v) is 13.3. The zero-order chi connectivity index (χ0) is 14.8. The third-order valence-electron chi connectivity index (χ3n) is 4.46. The van der Waals surface area contributed by atoms with E-state index in [1.807, 2.05) is 6.92 Å². The second-order valence-corrected chi connectivity index (χ2v) is 8.11. The zero-order valence-electron chi connectivity index (χ0n) is 12.5. The number of carbonyl (C=O) groups is 1. The molecule has 1 heterocycles. The van der Waals surface area contributed by atoms with Gasteiger partial charge in [0.15, 0.2) is 9.84 Å². The van der Waals surface area contributed by atoms with E-state index in [0.717, 1.165) is 6.42 Å². The first-order chi connectivity index (χ1) is 8.70. The predicted octanol–water partition coefficient (Wildman–Crippen LogP) is 1.64. The predicted molar refractivity (Wildman–Crippen MR) is 76.9 cm³/mol. The van der Waals surface area contributed by atoms with E-state index in [1.54, 1.807) is 18.7 Å². The van der Waals surface area contributed by atoms with Gasteiger partial charge in [-0.25, -0.2) is 13.2 Å². The van der Waals surface area contributed by atoms with Crippen LogP contribution in [0.25, 0.3) is 0 Å². The first-order valence-electron chi connectivity index (χ1n) is 6.99. The van der Waals surface area contributed by atoms with Crippen molar-refractivity contribution in [3.8, 4) is 0 Å². The number of carbonyl (C=O) groups excluding carboxylic acids is 1. The van der Waals surface area contributed by atoms with Gasteiger partial charge >= 0.3 is 6.03 Å². The fraction of sp³-hybridized carbons (Fsp3) is 0.923. The summed E-state index contributed by atoms with van der Waals surface area (Å²) in [5.74, 6) is 0.467. The Balaban J connectivity index is 2.69. The fourth-order valence-corrected chi connectivity index (χ4v) is 3.80. The normalized spacial score (nSPS) is 29.6. The van der Waals surface area contributed by atoms with Crippen LogP contribution in [0.4, 0.5) is 4.79 Å². The smallest absolute Gasteiger partial charge is 0.317 e. The molecule has 1 saturated heterocycles. The van der Waals surface area contributed by atoms with Crippen molar-refractivity contribution in [1.29, 1.82) is 0 Å². The van der Waals surface area contributed by atoms with Gasteiger partial charge in [-0.3, -0.25) is 0 Å². The third kappa shape index (κ3) is 3.61. The van der Waals surface area contributed by atoms with Crippen LogP contribution in [0.15, 0.2) is 0 Å². The molecular formula is C13H26N2O3S. The lowest BCUT2D eigenvalue weighted by Gasteiger charge is -2.38. The summed E-state index contributed by atoms with van der Waals surface area (Å²) in [7, 11) is -3.05. The maximum atomic E-state index is 12.2. The number of hydrogen-bond acceptors (Lipinski definition) is 3. The third-order valence-corrected chi connectivity index (χ3v) is 6.74. The average molecular weight is 290 g/mol. The molecule has 1 aliphatic heterocycles. The molecule has 0 aromatic carbocycles. The van der Waals surface area contributed by atoms with Crippen LogP contribution in [0.2, 0.25) is 0 Å². The molecule has 6 heteroatoms. The summed E-state index contributed by atoms with van der Waals surface area (Å²) in [6.45, 7) is 9.93. The molecule has 0 saturated carbocycles. The van der Waals surface area contributed by atoms with Crippen LogP contribution in [0, 0.1) is 5.92 Å². The molecule has 19 heavy (non-hydrogen) atoms. The maximum absolute atomic E-state index is 12.2. The van der Waals surface area contributed by atoms with Crippen molar-refractivity contribution in [2.45, 2.75) is 58.4 Å². The highest BCUT2D eigenvalue weighted by atomic mass is 32.2. The van der Waals surface area contributed by atoms with E-state index >= 15 is 0 Å². The van der Waals surface area contributed by atoms with E-state index < -0.39 is 15.1 Å². The number of amides is 2. The highest BCUT2D eigenvalue weighted by Crippen LogP contribution is 2.19. The first kappa shape index (κ1) is 16.3. The van der Waals surface area contributed by atoms with E-state index in [0.29, 0.717) is 5.92 Å². The Hall–Kier alpha value is -0.780. The number of hydrogen-bond donors (Lipinski definition) is 1. The van der Waals surface area contributed by atoms with Gasteiger partial charge in [0.05, 0.1) is 11.0 Å². The molecule has 1 rings (SSSR count). The molecule has 5 nitrogen and oxygen atoms in total. The molecule has 2 amide bonds. The molecule has 1 aliphatic rings. The summed E-state index contributed by atoms with van der Waals surface area (Å²) in [5.41, 5.74) is 0. The molecule has 4 atom stereocenters. The van der Waals surface area contributed by atoms with Crippen LogP contribution >= 0.6 is 0 Å². The SMILES string of the molecule is CC[C@H](C)[C@H](C)NC(=O)N1CCS(=O)(=O)[C@@H](C)[C@@H]1C. The van der Waals surface area contributed by atoms with E-state index in [9.17, 15) is 13.2 Å². The summed E-state index contributed by atoms with van der Waals surface area (Å²) >= 11 is 0. The minimum Gasteiger partial charge on any atom is -0.335 e. The first-order valence-corrected chi connectivity index (χ1v) is 8.71. The standard InChI is InChI=1S/C13H26N2O3S/c1-6-9(2)10(3)14-13(16)15-7-8-19(17,18)12(5)11(15)4/h9-12H,6-8H2,1-5H3,(H,14,16)/t9-,10-,11-,12-/m0/s1. The Morgan fingerprint density at radius 3 is 2.47 bits per heavy atom. The number of nitrogens with zero attached hydrogens (tertiary/aromatic N) is 1. The second-order valence-electron chi connectivity index (χ2n) is 5.63. The van der Waals surface area contributed by atoms with E-state index in [-0.39, 0.29) is 30.4 Å². The lowest BCUT2D eigenvalue weighted by atomic mass is 10.0. The molecule has 0 aromatic rings. The van der Waals surface area contributed by atoms with Crippen LogP contribution in [0.5, 0.6) is 0 Å². The van der Waals surface area contributed by atoms with E-state index in [4.69, 9.17) is 0 Å². The molecule has 0 unspecified atom stereocenters. The summed E-state index contributed by atoms with van der Waals surface area (Å²) in [6.07, 6.45) is 1.00. The van der Waals surface area contributed by atoms with Gasteiger partial charge in [0.25, 0.3) is 0 Å². The fourth-order valence-electron chi connectivity index (χ4n) is 2.23. The average Bonchev–Trinajstić information content (AvgIpc) is 2.34. The highest BCUT2D eigenvalue weighted by Gasteiger charge is 2.38. The quantitative estimate of drug-likeness (QED) is 0.859. The minimum absolute atomic E-state index is 0.0592. The molecular weight excluding hydrogens is 264 g/mol. The monoisotopic (exact) mass is 290 g/mol. The number of urea groups is 1. The lowest BCUT2D eigenvalue weighted by Crippen LogP contribution is -2.58. The Morgan fingerprint density at radius 1 is 1.37 bits per heavy atom. The molecule has 0 bridgehead atoms. The van der Waals surface area contributed by atoms with Crippen LogP contribution in [0.1, 0.15) is 41.0 Å². The number of nitrogens with one attached hydrogen (secondary N) is 1. The van der Waals surface area contributed by atoms with Gasteiger partial charge in [0.2, 0.25) is 0 Å². The highest BCUT2D eigenvalue weighted by molar-refractivity contribution is 7.92. The largest absolute Gasteiger partial charge is 0.335 e. The topological polar surface area (TPSA) is 66.5 Å². The second kappa shape index (κ2) is 6.11. The van der Waals surface area contributed by atoms with Gasteiger partial charge in [0.1, 0.15) is 0 Å². The Kier molecular flexibility index (Phi) is 5.24. The van der Waals surface area contributed by atoms with Crippen LogP contribution in [-0.4, -0.2) is 49.0 Å². The van der Waals surface area contributed by atoms with Crippen molar-refractivity contribution in [1.82, 2.24) is 10.2 Å². The van der Waals surface area contributed by atoms with Gasteiger partial charge in [-0.2, -0.15) is 0 Å². The Labute approximate surface area is 116 Å². The molecule has 1 N–H and O–H groups in total. The summed E-state index contributed by atoms with van der Waals surface area (Å²) in [5, 5.41) is 2.48. The molecule has 112 valence electrons. The van der Waals surface area contributed by atoms with Gasteiger partial charge in [-0.05, 0) is 26.7 Å². The van der Waals surface area contributed by atoms with Crippen molar-refractivity contribution in [3.63, 3.8) is 0 Å². The van der Waals surface area contributed by atoms with Crippen LogP contribution in [0.3, 0.4) is 0 Å². The van der Waals surface area contributed by atoms with E-state index in [2.05, 4.69) is 19.2 Å². The van der Waals surface area contributed by atoms with Gasteiger partial charge in [0, 0.05) is 18.6 Å².